The highest BCUT2D eigenvalue weighted by atomic mass is 32.1. The number of hydrogen-bond acceptors (Lipinski definition) is 1. The van der Waals surface area contributed by atoms with Crippen molar-refractivity contribution in [2.75, 3.05) is 5.75 Å². The van der Waals surface area contributed by atoms with Crippen molar-refractivity contribution >= 4 is 12.6 Å². The molecule has 0 amide bonds. The third-order valence-corrected chi connectivity index (χ3v) is 2.41. The molecular weight excluding hydrogens is 128 g/mol. The molecule has 0 N–H and O–H groups in total. The summed E-state index contributed by atoms with van der Waals surface area (Å²) in [5, 5.41) is 0. The summed E-state index contributed by atoms with van der Waals surface area (Å²) in [6.07, 6.45) is 9.73. The highest BCUT2D eigenvalue weighted by Crippen LogP contribution is 2.27. The predicted molar refractivity (Wildman–Crippen MR) is 44.9 cm³/mol. The average molecular weight is 140 g/mol. The van der Waals surface area contributed by atoms with Gasteiger partial charge in [-0.1, -0.05) is 31.2 Å². The van der Waals surface area contributed by atoms with Gasteiger partial charge in [-0.2, -0.15) is 12.6 Å². The maximum atomic E-state index is 4.26. The van der Waals surface area contributed by atoms with E-state index in [2.05, 4.69) is 43.9 Å². The van der Waals surface area contributed by atoms with Crippen molar-refractivity contribution in [2.24, 2.45) is 5.41 Å². The Morgan fingerprint density at radius 3 is 2.67 bits per heavy atom. The van der Waals surface area contributed by atoms with Crippen LogP contribution in [0.5, 0.6) is 0 Å². The van der Waals surface area contributed by atoms with Crippen LogP contribution in [0.4, 0.5) is 0 Å². The molecule has 1 aliphatic rings. The second kappa shape index (κ2) is 2.61. The summed E-state index contributed by atoms with van der Waals surface area (Å²) in [7, 11) is 0. The minimum Gasteiger partial charge on any atom is -0.178 e. The van der Waals surface area contributed by atoms with Crippen LogP contribution in [0, 0.1) is 5.41 Å². The molecule has 50 valence electrons. The van der Waals surface area contributed by atoms with Gasteiger partial charge in [0.25, 0.3) is 0 Å². The molecule has 0 aromatic rings. The molecule has 0 aliphatic heterocycles. The van der Waals surface area contributed by atoms with Crippen LogP contribution >= 0.6 is 12.6 Å². The van der Waals surface area contributed by atoms with E-state index >= 15 is 0 Å². The fourth-order valence-corrected chi connectivity index (χ4v) is 1.12. The first-order chi connectivity index (χ1) is 4.27. The second-order valence-electron chi connectivity index (χ2n) is 2.80. The quantitative estimate of drug-likeness (QED) is 0.531. The molecular formula is C8H12S. The van der Waals surface area contributed by atoms with E-state index in [-0.39, 0.29) is 0 Å². The fourth-order valence-electron chi connectivity index (χ4n) is 0.889. The van der Waals surface area contributed by atoms with Crippen molar-refractivity contribution in [3.63, 3.8) is 0 Å². The Labute approximate surface area is 62.1 Å². The van der Waals surface area contributed by atoms with Crippen LogP contribution in [-0.2, 0) is 0 Å². The number of rotatable bonds is 1. The van der Waals surface area contributed by atoms with Gasteiger partial charge in [-0.05, 0) is 17.6 Å². The lowest BCUT2D eigenvalue weighted by molar-refractivity contribution is 0.497. The van der Waals surface area contributed by atoms with Crippen LogP contribution < -0.4 is 0 Å². The van der Waals surface area contributed by atoms with Crippen molar-refractivity contribution in [1.82, 2.24) is 0 Å². The van der Waals surface area contributed by atoms with Crippen molar-refractivity contribution in [3.05, 3.63) is 24.3 Å². The standard InChI is InChI=1S/C8H12S/c1-8(7-9)5-3-2-4-6-8/h2-5,9H,6-7H2,1H3/t8-/m0/s1. The van der Waals surface area contributed by atoms with E-state index < -0.39 is 0 Å². The van der Waals surface area contributed by atoms with Gasteiger partial charge in [-0.15, -0.1) is 0 Å². The van der Waals surface area contributed by atoms with E-state index in [1.165, 1.54) is 0 Å². The molecule has 0 aromatic carbocycles. The summed E-state index contributed by atoms with van der Waals surface area (Å²) >= 11 is 4.26. The highest BCUT2D eigenvalue weighted by Gasteiger charge is 2.17. The van der Waals surface area contributed by atoms with Crippen molar-refractivity contribution in [3.8, 4) is 0 Å². The lowest BCUT2D eigenvalue weighted by Crippen LogP contribution is -2.15. The van der Waals surface area contributed by atoms with Gasteiger partial charge in [0, 0.05) is 0 Å². The second-order valence-corrected chi connectivity index (χ2v) is 3.12. The van der Waals surface area contributed by atoms with Crippen LogP contribution in [0.25, 0.3) is 0 Å². The summed E-state index contributed by atoms with van der Waals surface area (Å²) in [4.78, 5) is 0. The monoisotopic (exact) mass is 140 g/mol. The SMILES string of the molecule is C[C@]1(CS)C=CC=CC1. The van der Waals surface area contributed by atoms with E-state index in [0.717, 1.165) is 12.2 Å². The molecule has 1 heteroatoms. The van der Waals surface area contributed by atoms with Crippen LogP contribution in [0.2, 0.25) is 0 Å². The first kappa shape index (κ1) is 6.94. The minimum absolute atomic E-state index is 0.317. The van der Waals surface area contributed by atoms with Crippen LogP contribution in [0.3, 0.4) is 0 Å². The predicted octanol–water partition coefficient (Wildman–Crippen LogP) is 2.44. The molecule has 0 spiro atoms. The summed E-state index contributed by atoms with van der Waals surface area (Å²) in [6, 6.07) is 0. The van der Waals surface area contributed by atoms with Crippen LogP contribution in [-0.4, -0.2) is 5.75 Å². The molecule has 0 nitrogen and oxygen atoms in total. The smallest absolute Gasteiger partial charge is 0.000601 e. The summed E-state index contributed by atoms with van der Waals surface area (Å²) < 4.78 is 0. The Morgan fingerprint density at radius 1 is 1.56 bits per heavy atom. The van der Waals surface area contributed by atoms with E-state index in [9.17, 15) is 0 Å². The molecule has 1 aliphatic carbocycles. The fraction of sp³-hybridized carbons (Fsp3) is 0.500. The van der Waals surface area contributed by atoms with Crippen molar-refractivity contribution in [2.45, 2.75) is 13.3 Å². The van der Waals surface area contributed by atoms with Gasteiger partial charge in [0.05, 0.1) is 0 Å². The molecule has 9 heavy (non-hydrogen) atoms. The minimum atomic E-state index is 0.317. The lowest BCUT2D eigenvalue weighted by atomic mass is 9.86. The van der Waals surface area contributed by atoms with Crippen LogP contribution in [0.1, 0.15) is 13.3 Å². The number of thiol groups is 1. The lowest BCUT2D eigenvalue weighted by Gasteiger charge is -2.23. The molecule has 0 heterocycles. The van der Waals surface area contributed by atoms with Gasteiger partial charge in [0.15, 0.2) is 0 Å². The van der Waals surface area contributed by atoms with Gasteiger partial charge >= 0.3 is 0 Å². The van der Waals surface area contributed by atoms with Gasteiger partial charge in [0.1, 0.15) is 0 Å². The highest BCUT2D eigenvalue weighted by molar-refractivity contribution is 7.80. The summed E-state index contributed by atoms with van der Waals surface area (Å²) in [5.74, 6) is 0.938. The van der Waals surface area contributed by atoms with Crippen LogP contribution in [0.15, 0.2) is 24.3 Å². The molecule has 1 rings (SSSR count). The Morgan fingerprint density at radius 2 is 2.33 bits per heavy atom. The van der Waals surface area contributed by atoms with E-state index in [4.69, 9.17) is 0 Å². The van der Waals surface area contributed by atoms with Gasteiger partial charge in [-0.25, -0.2) is 0 Å². The Balaban J connectivity index is 2.63. The maximum Gasteiger partial charge on any atom is -0.000601 e. The molecule has 1 atom stereocenters. The molecule has 0 radical (unpaired) electrons. The summed E-state index contributed by atoms with van der Waals surface area (Å²) in [6.45, 7) is 2.22. The molecule has 0 saturated carbocycles. The molecule has 0 aromatic heterocycles. The van der Waals surface area contributed by atoms with E-state index in [1.807, 2.05) is 0 Å². The Kier molecular flexibility index (Phi) is 2.01. The van der Waals surface area contributed by atoms with Gasteiger partial charge < -0.3 is 0 Å². The van der Waals surface area contributed by atoms with E-state index in [0.29, 0.717) is 5.41 Å². The van der Waals surface area contributed by atoms with Crippen molar-refractivity contribution < 1.29 is 0 Å². The van der Waals surface area contributed by atoms with Gasteiger partial charge in [-0.3, -0.25) is 0 Å². The molecule has 0 fully saturated rings. The Hall–Kier alpha value is -0.170. The zero-order valence-electron chi connectivity index (χ0n) is 5.67. The largest absolute Gasteiger partial charge is 0.178 e. The Bertz CT molecular complexity index is 147. The first-order valence-corrected chi connectivity index (χ1v) is 3.85. The average Bonchev–Trinajstić information content (AvgIpc) is 1.90. The zero-order chi connectivity index (χ0) is 6.74. The molecule has 0 unspecified atom stereocenters. The number of allylic oxidation sites excluding steroid dienone is 4. The topological polar surface area (TPSA) is 0 Å². The third kappa shape index (κ3) is 1.62. The van der Waals surface area contributed by atoms with Crippen molar-refractivity contribution in [1.29, 1.82) is 0 Å². The normalized spacial score (nSPS) is 33.1. The van der Waals surface area contributed by atoms with E-state index in [1.54, 1.807) is 0 Å². The zero-order valence-corrected chi connectivity index (χ0v) is 6.57. The third-order valence-electron chi connectivity index (χ3n) is 1.69. The van der Waals surface area contributed by atoms with Gasteiger partial charge in [0.2, 0.25) is 0 Å². The number of hydrogen-bond donors (Lipinski definition) is 1. The maximum absolute atomic E-state index is 4.26. The molecule has 0 saturated heterocycles. The first-order valence-electron chi connectivity index (χ1n) is 3.22. The molecule has 0 bridgehead atoms. The summed E-state index contributed by atoms with van der Waals surface area (Å²) in [5.41, 5.74) is 0.317.